The molecule has 5 heteroatoms. The molecule has 1 saturated carbocycles. The van der Waals surface area contributed by atoms with Gasteiger partial charge in [0.1, 0.15) is 0 Å². The molecular formula is C20H29N3O2. The van der Waals surface area contributed by atoms with Crippen LogP contribution in [0, 0.1) is 11.8 Å². The van der Waals surface area contributed by atoms with Crippen molar-refractivity contribution in [2.24, 2.45) is 11.8 Å². The lowest BCUT2D eigenvalue weighted by molar-refractivity contribution is -0.136. The molecule has 2 aliphatic rings. The monoisotopic (exact) mass is 343 g/mol. The lowest BCUT2D eigenvalue weighted by Crippen LogP contribution is -2.49. The molecule has 2 atom stereocenters. The van der Waals surface area contributed by atoms with E-state index in [9.17, 15) is 9.59 Å². The lowest BCUT2D eigenvalue weighted by Gasteiger charge is -2.35. The van der Waals surface area contributed by atoms with Crippen LogP contribution in [-0.4, -0.2) is 53.3 Å². The summed E-state index contributed by atoms with van der Waals surface area (Å²) >= 11 is 0. The van der Waals surface area contributed by atoms with Gasteiger partial charge in [0, 0.05) is 38.3 Å². The summed E-state index contributed by atoms with van der Waals surface area (Å²) in [6.07, 6.45) is 0.699. The number of benzene rings is 1. The number of nitrogens with one attached hydrogen (secondary N) is 1. The Hall–Kier alpha value is -1.88. The van der Waals surface area contributed by atoms with Gasteiger partial charge in [0.2, 0.25) is 11.8 Å². The van der Waals surface area contributed by atoms with E-state index in [0.717, 1.165) is 32.7 Å². The van der Waals surface area contributed by atoms with E-state index in [1.165, 1.54) is 5.56 Å². The summed E-state index contributed by atoms with van der Waals surface area (Å²) < 4.78 is 0. The highest BCUT2D eigenvalue weighted by atomic mass is 16.2. The van der Waals surface area contributed by atoms with Gasteiger partial charge in [-0.1, -0.05) is 30.3 Å². The molecule has 1 aromatic rings. The van der Waals surface area contributed by atoms with E-state index in [2.05, 4.69) is 34.5 Å². The molecule has 1 aliphatic heterocycles. The smallest absolute Gasteiger partial charge is 0.226 e. The molecule has 1 aromatic carbocycles. The van der Waals surface area contributed by atoms with Gasteiger partial charge in [0.05, 0.1) is 11.8 Å². The van der Waals surface area contributed by atoms with E-state index in [-0.39, 0.29) is 29.2 Å². The van der Waals surface area contributed by atoms with Gasteiger partial charge in [-0.2, -0.15) is 0 Å². The summed E-state index contributed by atoms with van der Waals surface area (Å²) in [5.74, 6) is -0.0564. The standard InChI is InChI=1S/C20H29N3O2/c1-20(2,3)21-18(24)16-13-17(16)19(25)23-11-9-22(10-12-23)14-15-7-5-4-6-8-15/h4-8,16-17H,9-14H2,1-3H3,(H,21,24). The zero-order valence-electron chi connectivity index (χ0n) is 15.5. The number of hydrogen-bond acceptors (Lipinski definition) is 3. The Morgan fingerprint density at radius 1 is 1.04 bits per heavy atom. The van der Waals surface area contributed by atoms with Gasteiger partial charge in [-0.05, 0) is 32.8 Å². The Bertz CT molecular complexity index is 616. The molecule has 3 rings (SSSR count). The van der Waals surface area contributed by atoms with Crippen molar-refractivity contribution in [1.82, 2.24) is 15.1 Å². The molecule has 136 valence electrons. The molecule has 0 aromatic heterocycles. The first-order chi connectivity index (χ1) is 11.8. The predicted molar refractivity (Wildman–Crippen MR) is 97.8 cm³/mol. The summed E-state index contributed by atoms with van der Waals surface area (Å²) in [7, 11) is 0. The fourth-order valence-corrected chi connectivity index (χ4v) is 3.42. The Morgan fingerprint density at radius 3 is 2.28 bits per heavy atom. The second kappa shape index (κ2) is 7.16. The number of nitrogens with zero attached hydrogens (tertiary/aromatic N) is 2. The van der Waals surface area contributed by atoms with E-state index >= 15 is 0 Å². The van der Waals surface area contributed by atoms with E-state index in [1.54, 1.807) is 0 Å². The normalized spacial score (nSPS) is 24.0. The molecule has 25 heavy (non-hydrogen) atoms. The van der Waals surface area contributed by atoms with Crippen molar-refractivity contribution in [2.45, 2.75) is 39.3 Å². The quantitative estimate of drug-likeness (QED) is 0.908. The van der Waals surface area contributed by atoms with Crippen molar-refractivity contribution < 1.29 is 9.59 Å². The first kappa shape index (κ1) is 17.9. The van der Waals surface area contributed by atoms with Crippen LogP contribution >= 0.6 is 0 Å². The molecule has 5 nitrogen and oxygen atoms in total. The number of piperazine rings is 1. The average molecular weight is 343 g/mol. The molecule has 1 aliphatic carbocycles. The lowest BCUT2D eigenvalue weighted by atomic mass is 10.1. The Balaban J connectivity index is 1.44. The van der Waals surface area contributed by atoms with Gasteiger partial charge in [0.15, 0.2) is 0 Å². The summed E-state index contributed by atoms with van der Waals surface area (Å²) in [4.78, 5) is 29.1. The molecular weight excluding hydrogens is 314 g/mol. The van der Waals surface area contributed by atoms with E-state index < -0.39 is 0 Å². The number of carbonyl (C=O) groups is 2. The summed E-state index contributed by atoms with van der Waals surface area (Å²) in [6, 6.07) is 10.4. The zero-order chi connectivity index (χ0) is 18.0. The average Bonchev–Trinajstić information content (AvgIpc) is 3.35. The Kier molecular flexibility index (Phi) is 5.13. The first-order valence-corrected chi connectivity index (χ1v) is 9.20. The summed E-state index contributed by atoms with van der Waals surface area (Å²) in [6.45, 7) is 10.1. The third-order valence-corrected chi connectivity index (χ3v) is 4.88. The van der Waals surface area contributed by atoms with Crippen molar-refractivity contribution in [1.29, 1.82) is 0 Å². The maximum absolute atomic E-state index is 12.6. The minimum atomic E-state index is -0.240. The molecule has 2 fully saturated rings. The second-order valence-electron chi connectivity index (χ2n) is 8.27. The van der Waals surface area contributed by atoms with Crippen molar-refractivity contribution in [3.05, 3.63) is 35.9 Å². The maximum atomic E-state index is 12.6. The third-order valence-electron chi connectivity index (χ3n) is 4.88. The molecule has 0 radical (unpaired) electrons. The number of hydrogen-bond donors (Lipinski definition) is 1. The van der Waals surface area contributed by atoms with Crippen LogP contribution in [0.4, 0.5) is 0 Å². The van der Waals surface area contributed by atoms with Crippen LogP contribution in [-0.2, 0) is 16.1 Å². The SMILES string of the molecule is CC(C)(C)NC(=O)C1CC1C(=O)N1CCN(Cc2ccccc2)CC1. The van der Waals surface area contributed by atoms with Gasteiger partial charge in [-0.3, -0.25) is 14.5 Å². The van der Waals surface area contributed by atoms with Crippen LogP contribution < -0.4 is 5.32 Å². The Labute approximate surface area is 150 Å². The van der Waals surface area contributed by atoms with E-state index in [0.29, 0.717) is 6.42 Å². The minimum Gasteiger partial charge on any atom is -0.351 e. The molecule has 1 heterocycles. The largest absolute Gasteiger partial charge is 0.351 e. The fourth-order valence-electron chi connectivity index (χ4n) is 3.42. The van der Waals surface area contributed by atoms with Crippen molar-refractivity contribution >= 4 is 11.8 Å². The van der Waals surface area contributed by atoms with Crippen LogP contribution in [0.3, 0.4) is 0 Å². The van der Waals surface area contributed by atoms with Gasteiger partial charge >= 0.3 is 0 Å². The number of carbonyl (C=O) groups excluding carboxylic acids is 2. The van der Waals surface area contributed by atoms with Crippen molar-refractivity contribution in [3.63, 3.8) is 0 Å². The highest BCUT2D eigenvalue weighted by Crippen LogP contribution is 2.40. The van der Waals surface area contributed by atoms with Gasteiger partial charge in [0.25, 0.3) is 0 Å². The van der Waals surface area contributed by atoms with E-state index in [4.69, 9.17) is 0 Å². The molecule has 1 N–H and O–H groups in total. The number of amides is 2. The zero-order valence-corrected chi connectivity index (χ0v) is 15.5. The van der Waals surface area contributed by atoms with Crippen LogP contribution in [0.2, 0.25) is 0 Å². The third kappa shape index (κ3) is 4.82. The molecule has 1 saturated heterocycles. The van der Waals surface area contributed by atoms with Crippen LogP contribution in [0.15, 0.2) is 30.3 Å². The molecule has 0 bridgehead atoms. The number of rotatable bonds is 4. The van der Waals surface area contributed by atoms with Gasteiger partial charge < -0.3 is 10.2 Å². The first-order valence-electron chi connectivity index (χ1n) is 9.20. The molecule has 2 unspecified atom stereocenters. The van der Waals surface area contributed by atoms with E-state index in [1.807, 2.05) is 31.7 Å². The van der Waals surface area contributed by atoms with Crippen LogP contribution in [0.25, 0.3) is 0 Å². The highest BCUT2D eigenvalue weighted by Gasteiger charge is 2.50. The van der Waals surface area contributed by atoms with Gasteiger partial charge in [-0.25, -0.2) is 0 Å². The van der Waals surface area contributed by atoms with Gasteiger partial charge in [-0.15, -0.1) is 0 Å². The van der Waals surface area contributed by atoms with Crippen LogP contribution in [0.1, 0.15) is 32.8 Å². The summed E-state index contributed by atoms with van der Waals surface area (Å²) in [5.41, 5.74) is 1.07. The minimum absolute atomic E-state index is 0.0218. The molecule has 2 amide bonds. The Morgan fingerprint density at radius 2 is 1.68 bits per heavy atom. The molecule has 0 spiro atoms. The van der Waals surface area contributed by atoms with Crippen molar-refractivity contribution in [3.8, 4) is 0 Å². The second-order valence-corrected chi connectivity index (χ2v) is 8.27. The van der Waals surface area contributed by atoms with Crippen molar-refractivity contribution in [2.75, 3.05) is 26.2 Å². The summed E-state index contributed by atoms with van der Waals surface area (Å²) in [5, 5.41) is 2.99. The predicted octanol–water partition coefficient (Wildman–Crippen LogP) is 1.88. The topological polar surface area (TPSA) is 52.7 Å². The highest BCUT2D eigenvalue weighted by molar-refractivity contribution is 5.92. The van der Waals surface area contributed by atoms with Crippen LogP contribution in [0.5, 0.6) is 0 Å². The maximum Gasteiger partial charge on any atom is 0.226 e. The fraction of sp³-hybridized carbons (Fsp3) is 0.600.